The summed E-state index contributed by atoms with van der Waals surface area (Å²) in [5.41, 5.74) is 0.808. The van der Waals surface area contributed by atoms with Gasteiger partial charge in [0.05, 0.1) is 0 Å². The second kappa shape index (κ2) is 4.96. The Hall–Kier alpha value is -1.58. The predicted octanol–water partition coefficient (Wildman–Crippen LogP) is 2.42. The van der Waals surface area contributed by atoms with E-state index in [0.717, 1.165) is 31.5 Å². The quantitative estimate of drug-likeness (QED) is 0.361. The molecular formula is C12H15FN2O. The lowest BCUT2D eigenvalue weighted by Crippen LogP contribution is -2.32. The van der Waals surface area contributed by atoms with Gasteiger partial charge in [-0.15, -0.1) is 0 Å². The van der Waals surface area contributed by atoms with Crippen molar-refractivity contribution in [3.05, 3.63) is 35.6 Å². The zero-order valence-electron chi connectivity index (χ0n) is 9.01. The molecule has 0 unspecified atom stereocenters. The Morgan fingerprint density at radius 3 is 2.62 bits per heavy atom. The predicted molar refractivity (Wildman–Crippen MR) is 60.2 cm³/mol. The van der Waals surface area contributed by atoms with E-state index in [1.165, 1.54) is 12.4 Å². The van der Waals surface area contributed by atoms with Gasteiger partial charge in [0.25, 0.3) is 0 Å². The van der Waals surface area contributed by atoms with Crippen LogP contribution in [0.4, 0.5) is 4.39 Å². The van der Waals surface area contributed by atoms with Gasteiger partial charge in [-0.2, -0.15) is 0 Å². The highest BCUT2D eigenvalue weighted by atomic mass is 19.1. The van der Waals surface area contributed by atoms with Gasteiger partial charge in [-0.25, -0.2) is 4.39 Å². The average molecular weight is 222 g/mol. The molecule has 0 radical (unpaired) electrons. The van der Waals surface area contributed by atoms with Crippen LogP contribution in [0.5, 0.6) is 0 Å². The number of halogens is 1. The molecule has 1 fully saturated rings. The van der Waals surface area contributed by atoms with Crippen molar-refractivity contribution in [1.82, 2.24) is 4.90 Å². The number of nitrogens with zero attached hydrogens (tertiary/aromatic N) is 2. The molecule has 2 rings (SSSR count). The van der Waals surface area contributed by atoms with E-state index in [1.54, 1.807) is 6.07 Å². The molecule has 0 atom stereocenters. The second-order valence-corrected chi connectivity index (χ2v) is 4.06. The van der Waals surface area contributed by atoms with E-state index in [1.807, 2.05) is 17.0 Å². The molecule has 0 bridgehead atoms. The molecule has 1 saturated heterocycles. The topological polar surface area (TPSA) is 35.8 Å². The zero-order chi connectivity index (χ0) is 11.4. The van der Waals surface area contributed by atoms with Gasteiger partial charge in [0.2, 0.25) is 0 Å². The third kappa shape index (κ3) is 2.32. The van der Waals surface area contributed by atoms with Crippen molar-refractivity contribution >= 4 is 6.34 Å². The largest absolute Gasteiger partial charge is 0.410 e. The number of rotatable bonds is 2. The fourth-order valence-electron chi connectivity index (χ4n) is 2.21. The lowest BCUT2D eigenvalue weighted by molar-refractivity contribution is 0.282. The SMILES string of the molecule is O/N=C\N1CCC(c2ccccc2F)CC1. The van der Waals surface area contributed by atoms with Gasteiger partial charge in [-0.05, 0) is 30.4 Å². The molecule has 86 valence electrons. The van der Waals surface area contributed by atoms with Crippen molar-refractivity contribution in [2.45, 2.75) is 18.8 Å². The summed E-state index contributed by atoms with van der Waals surface area (Å²) in [6.45, 7) is 1.62. The number of hydrogen-bond acceptors (Lipinski definition) is 2. The highest BCUT2D eigenvalue weighted by Gasteiger charge is 2.21. The van der Waals surface area contributed by atoms with Crippen molar-refractivity contribution in [2.75, 3.05) is 13.1 Å². The minimum absolute atomic E-state index is 0.114. The van der Waals surface area contributed by atoms with Gasteiger partial charge in [0.1, 0.15) is 12.2 Å². The average Bonchev–Trinajstić information content (AvgIpc) is 2.31. The van der Waals surface area contributed by atoms with E-state index in [-0.39, 0.29) is 11.7 Å². The maximum atomic E-state index is 13.5. The van der Waals surface area contributed by atoms with Gasteiger partial charge in [0, 0.05) is 13.1 Å². The third-order valence-electron chi connectivity index (χ3n) is 3.09. The van der Waals surface area contributed by atoms with Crippen LogP contribution in [-0.2, 0) is 0 Å². The Labute approximate surface area is 94.2 Å². The molecular weight excluding hydrogens is 207 g/mol. The fourth-order valence-corrected chi connectivity index (χ4v) is 2.21. The first-order valence-electron chi connectivity index (χ1n) is 5.47. The first-order chi connectivity index (χ1) is 7.81. The first kappa shape index (κ1) is 10.9. The van der Waals surface area contributed by atoms with Crippen LogP contribution in [0.25, 0.3) is 0 Å². The molecule has 0 saturated carbocycles. The van der Waals surface area contributed by atoms with E-state index in [0.29, 0.717) is 0 Å². The number of likely N-dealkylation sites (tertiary alicyclic amines) is 1. The van der Waals surface area contributed by atoms with Gasteiger partial charge >= 0.3 is 0 Å². The number of oxime groups is 1. The molecule has 1 aromatic rings. The Morgan fingerprint density at radius 2 is 2.00 bits per heavy atom. The van der Waals surface area contributed by atoms with E-state index >= 15 is 0 Å². The van der Waals surface area contributed by atoms with E-state index in [4.69, 9.17) is 5.21 Å². The number of piperidine rings is 1. The molecule has 1 heterocycles. The van der Waals surface area contributed by atoms with Crippen LogP contribution >= 0.6 is 0 Å². The van der Waals surface area contributed by atoms with Crippen molar-refractivity contribution in [3.8, 4) is 0 Å². The van der Waals surface area contributed by atoms with Crippen LogP contribution in [0, 0.1) is 5.82 Å². The monoisotopic (exact) mass is 222 g/mol. The lowest BCUT2D eigenvalue weighted by Gasteiger charge is -2.30. The normalized spacial score (nSPS) is 18.2. The molecule has 0 amide bonds. The zero-order valence-corrected chi connectivity index (χ0v) is 9.01. The second-order valence-electron chi connectivity index (χ2n) is 4.06. The summed E-state index contributed by atoms with van der Waals surface area (Å²) in [4.78, 5) is 1.94. The van der Waals surface area contributed by atoms with Crippen molar-refractivity contribution in [2.24, 2.45) is 5.16 Å². The summed E-state index contributed by atoms with van der Waals surface area (Å²) in [5.74, 6) is 0.168. The van der Waals surface area contributed by atoms with Gasteiger partial charge in [-0.3, -0.25) is 0 Å². The lowest BCUT2D eigenvalue weighted by atomic mass is 9.89. The minimum Gasteiger partial charge on any atom is -0.410 e. The maximum absolute atomic E-state index is 13.5. The Morgan fingerprint density at radius 1 is 1.31 bits per heavy atom. The van der Waals surface area contributed by atoms with Gasteiger partial charge < -0.3 is 10.1 Å². The van der Waals surface area contributed by atoms with Crippen LogP contribution in [0.3, 0.4) is 0 Å². The summed E-state index contributed by atoms with van der Waals surface area (Å²) < 4.78 is 13.5. The van der Waals surface area contributed by atoms with E-state index in [9.17, 15) is 4.39 Å². The third-order valence-corrected chi connectivity index (χ3v) is 3.09. The van der Waals surface area contributed by atoms with Crippen LogP contribution in [-0.4, -0.2) is 29.5 Å². The summed E-state index contributed by atoms with van der Waals surface area (Å²) in [6, 6.07) is 6.96. The molecule has 0 aliphatic carbocycles. The Bertz CT molecular complexity index is 373. The van der Waals surface area contributed by atoms with Crippen molar-refractivity contribution in [1.29, 1.82) is 0 Å². The standard InChI is InChI=1S/C12H15FN2O/c13-12-4-2-1-3-11(12)10-5-7-15(8-6-10)9-14-16/h1-4,9-10,16H,5-8H2/b14-9-. The van der Waals surface area contributed by atoms with E-state index < -0.39 is 0 Å². The molecule has 3 nitrogen and oxygen atoms in total. The van der Waals surface area contributed by atoms with Crippen LogP contribution in [0.1, 0.15) is 24.3 Å². The molecule has 0 spiro atoms. The molecule has 0 aromatic heterocycles. The maximum Gasteiger partial charge on any atom is 0.130 e. The van der Waals surface area contributed by atoms with Gasteiger partial charge in [-0.1, -0.05) is 23.4 Å². The molecule has 1 aliphatic heterocycles. The summed E-state index contributed by atoms with van der Waals surface area (Å²) >= 11 is 0. The molecule has 1 N–H and O–H groups in total. The summed E-state index contributed by atoms with van der Waals surface area (Å²) in [5, 5.41) is 11.4. The minimum atomic E-state index is -0.114. The Balaban J connectivity index is 2.02. The molecule has 1 aromatic carbocycles. The highest BCUT2D eigenvalue weighted by Crippen LogP contribution is 2.29. The smallest absolute Gasteiger partial charge is 0.130 e. The number of benzene rings is 1. The van der Waals surface area contributed by atoms with Crippen molar-refractivity contribution in [3.63, 3.8) is 0 Å². The fraction of sp³-hybridized carbons (Fsp3) is 0.417. The first-order valence-corrected chi connectivity index (χ1v) is 5.47. The van der Waals surface area contributed by atoms with Gasteiger partial charge in [0.15, 0.2) is 0 Å². The van der Waals surface area contributed by atoms with Crippen LogP contribution in [0.15, 0.2) is 29.4 Å². The molecule has 16 heavy (non-hydrogen) atoms. The summed E-state index contributed by atoms with van der Waals surface area (Å²) in [7, 11) is 0. The summed E-state index contributed by atoms with van der Waals surface area (Å²) in [6.07, 6.45) is 3.22. The van der Waals surface area contributed by atoms with Crippen LogP contribution in [0.2, 0.25) is 0 Å². The number of hydrogen-bond donors (Lipinski definition) is 1. The van der Waals surface area contributed by atoms with Crippen molar-refractivity contribution < 1.29 is 9.60 Å². The highest BCUT2D eigenvalue weighted by molar-refractivity contribution is 5.54. The van der Waals surface area contributed by atoms with Crippen LogP contribution < -0.4 is 0 Å². The Kier molecular flexibility index (Phi) is 3.39. The van der Waals surface area contributed by atoms with E-state index in [2.05, 4.69) is 5.16 Å². The molecule has 4 heteroatoms. The molecule has 1 aliphatic rings.